The molecule has 5 heteroatoms. The molecule has 1 aromatic carbocycles. The molecule has 0 atom stereocenters. The molecule has 3 rings (SSSR count). The maximum absolute atomic E-state index is 11.4. The second-order valence-electron chi connectivity index (χ2n) is 3.15. The highest BCUT2D eigenvalue weighted by Gasteiger charge is 2.14. The van der Waals surface area contributed by atoms with Crippen LogP contribution in [0.25, 0.3) is 10.9 Å². The normalized spacial score (nSPS) is 14.1. The number of hydrogen-bond acceptors (Lipinski definition) is 5. The highest BCUT2D eigenvalue weighted by Crippen LogP contribution is 2.32. The maximum Gasteiger partial charge on any atom is 0.346 e. The van der Waals surface area contributed by atoms with Crippen LogP contribution < -0.4 is 15.1 Å². The lowest BCUT2D eigenvalue weighted by molar-refractivity contribution is 0.172. The van der Waals surface area contributed by atoms with Gasteiger partial charge in [0.1, 0.15) is 13.2 Å². The second-order valence-corrected chi connectivity index (χ2v) is 3.15. The quantitative estimate of drug-likeness (QED) is 0.641. The van der Waals surface area contributed by atoms with E-state index in [0.29, 0.717) is 35.6 Å². The van der Waals surface area contributed by atoms with Crippen molar-refractivity contribution in [3.8, 4) is 11.5 Å². The summed E-state index contributed by atoms with van der Waals surface area (Å²) in [5, 5.41) is 0.404. The fraction of sp³-hybridized carbons (Fsp3) is 0.200. The Hall–Kier alpha value is -2.04. The molecule has 1 aliphatic heterocycles. The van der Waals surface area contributed by atoms with Crippen molar-refractivity contribution in [3.05, 3.63) is 28.9 Å². The van der Waals surface area contributed by atoms with E-state index in [4.69, 9.17) is 9.47 Å². The van der Waals surface area contributed by atoms with Gasteiger partial charge in [0.15, 0.2) is 17.9 Å². The molecule has 5 nitrogen and oxygen atoms in total. The van der Waals surface area contributed by atoms with Gasteiger partial charge in [-0.1, -0.05) is 0 Å². The molecule has 0 bridgehead atoms. The van der Waals surface area contributed by atoms with E-state index in [9.17, 15) is 4.79 Å². The van der Waals surface area contributed by atoms with Crippen LogP contribution in [-0.2, 0) is 0 Å². The van der Waals surface area contributed by atoms with Crippen molar-refractivity contribution in [1.82, 2.24) is 4.98 Å². The van der Waals surface area contributed by atoms with Gasteiger partial charge in [-0.25, -0.2) is 9.78 Å². The van der Waals surface area contributed by atoms with Crippen molar-refractivity contribution in [2.45, 2.75) is 0 Å². The van der Waals surface area contributed by atoms with E-state index in [1.807, 2.05) is 0 Å². The lowest BCUT2D eigenvalue weighted by atomic mass is 10.2. The Bertz CT molecular complexity index is 575. The lowest BCUT2D eigenvalue weighted by Crippen LogP contribution is -2.15. The van der Waals surface area contributed by atoms with Gasteiger partial charge in [-0.05, 0) is 0 Å². The third-order valence-corrected chi connectivity index (χ3v) is 2.23. The summed E-state index contributed by atoms with van der Waals surface area (Å²) in [7, 11) is 0. The first-order chi connectivity index (χ1) is 7.34. The SMILES string of the molecule is O=c1ocnc2cc3c(cc12)OCCO3. The average molecular weight is 205 g/mol. The Morgan fingerprint density at radius 1 is 1.13 bits per heavy atom. The van der Waals surface area contributed by atoms with Crippen LogP contribution in [0, 0.1) is 0 Å². The zero-order valence-corrected chi connectivity index (χ0v) is 7.73. The van der Waals surface area contributed by atoms with Crippen LogP contribution in [0.3, 0.4) is 0 Å². The number of fused-ring (bicyclic) bond motifs is 2. The highest BCUT2D eigenvalue weighted by atomic mass is 16.6. The summed E-state index contributed by atoms with van der Waals surface area (Å²) >= 11 is 0. The van der Waals surface area contributed by atoms with E-state index in [1.165, 1.54) is 0 Å². The molecule has 0 spiro atoms. The Morgan fingerprint density at radius 3 is 2.67 bits per heavy atom. The summed E-state index contributed by atoms with van der Waals surface area (Å²) in [5.41, 5.74) is 0.132. The van der Waals surface area contributed by atoms with E-state index >= 15 is 0 Å². The molecule has 2 heterocycles. The number of hydrogen-bond donors (Lipinski definition) is 0. The van der Waals surface area contributed by atoms with Gasteiger partial charge in [-0.2, -0.15) is 0 Å². The first kappa shape index (κ1) is 8.28. The third-order valence-electron chi connectivity index (χ3n) is 2.23. The van der Waals surface area contributed by atoms with Crippen LogP contribution in [0.2, 0.25) is 0 Å². The van der Waals surface area contributed by atoms with Crippen LogP contribution in [0.4, 0.5) is 0 Å². The van der Waals surface area contributed by atoms with Gasteiger partial charge in [0.25, 0.3) is 0 Å². The predicted octanol–water partition coefficient (Wildman–Crippen LogP) is 0.959. The number of rotatable bonds is 0. The molecule has 0 N–H and O–H groups in total. The van der Waals surface area contributed by atoms with E-state index in [-0.39, 0.29) is 0 Å². The van der Waals surface area contributed by atoms with Gasteiger partial charge in [-0.3, -0.25) is 0 Å². The smallest absolute Gasteiger partial charge is 0.346 e. The topological polar surface area (TPSA) is 61.6 Å². The Kier molecular flexibility index (Phi) is 1.65. The molecular weight excluding hydrogens is 198 g/mol. The van der Waals surface area contributed by atoms with Gasteiger partial charge in [0.05, 0.1) is 10.9 Å². The van der Waals surface area contributed by atoms with Crippen molar-refractivity contribution in [2.24, 2.45) is 0 Å². The number of aromatic nitrogens is 1. The zero-order chi connectivity index (χ0) is 10.3. The highest BCUT2D eigenvalue weighted by molar-refractivity contribution is 5.81. The van der Waals surface area contributed by atoms with Crippen LogP contribution in [-0.4, -0.2) is 18.2 Å². The molecule has 1 aliphatic rings. The van der Waals surface area contributed by atoms with Crippen molar-refractivity contribution in [1.29, 1.82) is 0 Å². The molecule has 15 heavy (non-hydrogen) atoms. The van der Waals surface area contributed by atoms with E-state index in [0.717, 1.165) is 6.39 Å². The largest absolute Gasteiger partial charge is 0.486 e. The first-order valence-corrected chi connectivity index (χ1v) is 4.52. The lowest BCUT2D eigenvalue weighted by Gasteiger charge is -2.18. The monoisotopic (exact) mass is 205 g/mol. The van der Waals surface area contributed by atoms with Crippen molar-refractivity contribution in [2.75, 3.05) is 13.2 Å². The van der Waals surface area contributed by atoms with Gasteiger partial charge in [-0.15, -0.1) is 0 Å². The molecule has 0 amide bonds. The van der Waals surface area contributed by atoms with Crippen molar-refractivity contribution in [3.63, 3.8) is 0 Å². The Labute approximate surface area is 84.3 Å². The second kappa shape index (κ2) is 2.98. The van der Waals surface area contributed by atoms with Gasteiger partial charge < -0.3 is 13.9 Å². The molecule has 0 radical (unpaired) electrons. The van der Waals surface area contributed by atoms with Gasteiger partial charge in [0.2, 0.25) is 0 Å². The Morgan fingerprint density at radius 2 is 1.87 bits per heavy atom. The summed E-state index contributed by atoms with van der Waals surface area (Å²) in [6, 6.07) is 3.28. The number of nitrogens with zero attached hydrogens (tertiary/aromatic N) is 1. The third kappa shape index (κ3) is 1.24. The van der Waals surface area contributed by atoms with Gasteiger partial charge >= 0.3 is 5.63 Å². The molecule has 0 fully saturated rings. The predicted molar refractivity (Wildman–Crippen MR) is 51.3 cm³/mol. The molecule has 0 saturated heterocycles. The summed E-state index contributed by atoms with van der Waals surface area (Å²) in [6.07, 6.45) is 1.13. The Balaban J connectivity index is 2.36. The maximum atomic E-state index is 11.4. The summed E-state index contributed by atoms with van der Waals surface area (Å²) in [4.78, 5) is 15.3. The molecule has 2 aromatic rings. The molecule has 0 aliphatic carbocycles. The minimum atomic E-state index is -0.419. The fourth-order valence-corrected chi connectivity index (χ4v) is 1.54. The van der Waals surface area contributed by atoms with Crippen molar-refractivity contribution < 1.29 is 13.9 Å². The van der Waals surface area contributed by atoms with E-state index in [2.05, 4.69) is 9.40 Å². The number of benzene rings is 1. The molecular formula is C10H7NO4. The molecule has 1 aromatic heterocycles. The van der Waals surface area contributed by atoms with E-state index in [1.54, 1.807) is 12.1 Å². The van der Waals surface area contributed by atoms with Crippen LogP contribution >= 0.6 is 0 Å². The standard InChI is InChI=1S/C10H7NO4/c12-10-6-3-8-9(14-2-1-13-8)4-7(6)11-5-15-10/h3-5H,1-2H2. The summed E-state index contributed by atoms with van der Waals surface area (Å²) < 4.78 is 15.4. The van der Waals surface area contributed by atoms with Crippen molar-refractivity contribution >= 4 is 10.9 Å². The zero-order valence-electron chi connectivity index (χ0n) is 7.73. The first-order valence-electron chi connectivity index (χ1n) is 4.52. The molecule has 76 valence electrons. The van der Waals surface area contributed by atoms with E-state index < -0.39 is 5.63 Å². The number of ether oxygens (including phenoxy) is 2. The average Bonchev–Trinajstić information content (AvgIpc) is 2.27. The van der Waals surface area contributed by atoms with Gasteiger partial charge in [0, 0.05) is 12.1 Å². The van der Waals surface area contributed by atoms with Crippen LogP contribution in [0.5, 0.6) is 11.5 Å². The minimum Gasteiger partial charge on any atom is -0.486 e. The van der Waals surface area contributed by atoms with Crippen LogP contribution in [0.15, 0.2) is 27.7 Å². The summed E-state index contributed by atoms with van der Waals surface area (Å²) in [6.45, 7) is 1.00. The molecule has 0 unspecified atom stereocenters. The fourth-order valence-electron chi connectivity index (χ4n) is 1.54. The molecule has 0 saturated carbocycles. The van der Waals surface area contributed by atoms with Crippen LogP contribution in [0.1, 0.15) is 0 Å². The minimum absolute atomic E-state index is 0.404. The summed E-state index contributed by atoms with van der Waals surface area (Å²) in [5.74, 6) is 1.18.